The zero-order valence-corrected chi connectivity index (χ0v) is 13.8. The molecule has 0 fully saturated rings. The second-order valence-electron chi connectivity index (χ2n) is 6.10. The number of benzene rings is 1. The molecule has 2 unspecified atom stereocenters. The molecule has 0 heterocycles. The quantitative estimate of drug-likeness (QED) is 0.713. The normalized spacial score (nSPS) is 13.5. The van der Waals surface area contributed by atoms with E-state index in [0.717, 1.165) is 5.56 Å². The molecule has 5 heteroatoms. The van der Waals surface area contributed by atoms with E-state index in [-0.39, 0.29) is 23.7 Å². The lowest BCUT2D eigenvalue weighted by Gasteiger charge is -2.23. The van der Waals surface area contributed by atoms with E-state index >= 15 is 0 Å². The third-order valence-electron chi connectivity index (χ3n) is 3.65. The number of hydrogen-bond acceptors (Lipinski definition) is 3. The van der Waals surface area contributed by atoms with Crippen molar-refractivity contribution in [2.75, 3.05) is 13.1 Å². The van der Waals surface area contributed by atoms with Gasteiger partial charge in [-0.25, -0.2) is 0 Å². The molecule has 0 saturated heterocycles. The van der Waals surface area contributed by atoms with Crippen LogP contribution >= 0.6 is 0 Å². The molecular formula is C17H27N3O2. The minimum Gasteiger partial charge on any atom is -0.354 e. The van der Waals surface area contributed by atoms with Crippen LogP contribution in [-0.4, -0.2) is 30.9 Å². The number of amides is 2. The Morgan fingerprint density at radius 2 is 1.82 bits per heavy atom. The lowest BCUT2D eigenvalue weighted by atomic mass is 10.0. The van der Waals surface area contributed by atoms with E-state index in [9.17, 15) is 9.59 Å². The Bertz CT molecular complexity index is 514. The Kier molecular flexibility index (Phi) is 7.05. The minimum atomic E-state index is -0.558. The van der Waals surface area contributed by atoms with Crippen LogP contribution in [0.4, 0.5) is 0 Å². The van der Waals surface area contributed by atoms with Gasteiger partial charge in [0.05, 0.1) is 0 Å². The van der Waals surface area contributed by atoms with Gasteiger partial charge in [-0.15, -0.1) is 0 Å². The smallest absolute Gasteiger partial charge is 0.252 e. The second kappa shape index (κ2) is 8.54. The highest BCUT2D eigenvalue weighted by molar-refractivity contribution is 5.98. The number of nitrogens with one attached hydrogen (secondary N) is 2. The van der Waals surface area contributed by atoms with Crippen LogP contribution in [0, 0.1) is 18.8 Å². The Labute approximate surface area is 132 Å². The molecule has 0 spiro atoms. The maximum atomic E-state index is 12.4. The Hall–Kier alpha value is -1.88. The summed E-state index contributed by atoms with van der Waals surface area (Å²) in [7, 11) is 0. The molecule has 0 radical (unpaired) electrons. The van der Waals surface area contributed by atoms with Crippen molar-refractivity contribution in [3.8, 4) is 0 Å². The zero-order valence-electron chi connectivity index (χ0n) is 13.8. The summed E-state index contributed by atoms with van der Waals surface area (Å²) in [5, 5.41) is 5.69. The van der Waals surface area contributed by atoms with E-state index in [4.69, 9.17) is 5.73 Å². The van der Waals surface area contributed by atoms with E-state index < -0.39 is 6.04 Å². The molecular weight excluding hydrogens is 278 g/mol. The highest BCUT2D eigenvalue weighted by atomic mass is 16.2. The Balaban J connectivity index is 2.74. The first-order valence-corrected chi connectivity index (χ1v) is 7.71. The number of aryl methyl sites for hydroxylation is 1. The maximum absolute atomic E-state index is 12.4. The van der Waals surface area contributed by atoms with Gasteiger partial charge in [-0.05, 0) is 36.9 Å². The molecule has 0 aliphatic rings. The average molecular weight is 305 g/mol. The average Bonchev–Trinajstić information content (AvgIpc) is 2.49. The van der Waals surface area contributed by atoms with Crippen molar-refractivity contribution in [1.29, 1.82) is 0 Å². The monoisotopic (exact) mass is 305 g/mol. The molecule has 2 amide bonds. The Morgan fingerprint density at radius 3 is 2.36 bits per heavy atom. The van der Waals surface area contributed by atoms with Gasteiger partial charge in [0.2, 0.25) is 5.91 Å². The molecule has 1 rings (SSSR count). The third kappa shape index (κ3) is 5.15. The molecule has 0 saturated carbocycles. The first-order chi connectivity index (χ1) is 10.4. The summed E-state index contributed by atoms with van der Waals surface area (Å²) in [6, 6.07) is 6.78. The van der Waals surface area contributed by atoms with E-state index in [2.05, 4.69) is 10.6 Å². The predicted octanol–water partition coefficient (Wildman–Crippen LogP) is 1.46. The van der Waals surface area contributed by atoms with Gasteiger partial charge in [0, 0.05) is 12.1 Å². The Morgan fingerprint density at radius 1 is 1.18 bits per heavy atom. The van der Waals surface area contributed by atoms with E-state index in [1.54, 1.807) is 6.07 Å². The van der Waals surface area contributed by atoms with Crippen molar-refractivity contribution in [1.82, 2.24) is 10.6 Å². The van der Waals surface area contributed by atoms with Gasteiger partial charge in [-0.3, -0.25) is 9.59 Å². The number of rotatable bonds is 7. The van der Waals surface area contributed by atoms with Crippen molar-refractivity contribution in [2.24, 2.45) is 17.6 Å². The molecule has 2 atom stereocenters. The second-order valence-corrected chi connectivity index (χ2v) is 6.10. The number of carbonyl (C=O) groups excluding carboxylic acids is 2. The third-order valence-corrected chi connectivity index (χ3v) is 3.65. The maximum Gasteiger partial charge on any atom is 0.252 e. The number of carbonyl (C=O) groups is 2. The number of hydrogen-bond donors (Lipinski definition) is 3. The highest BCUT2D eigenvalue weighted by Gasteiger charge is 2.25. The molecule has 0 aliphatic heterocycles. The van der Waals surface area contributed by atoms with Gasteiger partial charge < -0.3 is 16.4 Å². The minimum absolute atomic E-state index is 0.00107. The van der Waals surface area contributed by atoms with Crippen LogP contribution in [0.5, 0.6) is 0 Å². The predicted molar refractivity (Wildman–Crippen MR) is 88.5 cm³/mol. The molecule has 1 aromatic rings. The van der Waals surface area contributed by atoms with Crippen molar-refractivity contribution >= 4 is 11.8 Å². The van der Waals surface area contributed by atoms with Gasteiger partial charge in [0.25, 0.3) is 5.91 Å². The van der Waals surface area contributed by atoms with Crippen LogP contribution in [0.3, 0.4) is 0 Å². The van der Waals surface area contributed by atoms with Gasteiger partial charge in [0.15, 0.2) is 0 Å². The van der Waals surface area contributed by atoms with Crippen molar-refractivity contribution in [3.63, 3.8) is 0 Å². The first kappa shape index (κ1) is 18.2. The van der Waals surface area contributed by atoms with Gasteiger partial charge >= 0.3 is 0 Å². The van der Waals surface area contributed by atoms with Gasteiger partial charge in [-0.1, -0.05) is 39.0 Å². The SMILES string of the molecule is Cc1ccccc1C(=O)NC(C(=O)NCC(C)CN)C(C)C. The van der Waals surface area contributed by atoms with Crippen molar-refractivity contribution in [3.05, 3.63) is 35.4 Å². The van der Waals surface area contributed by atoms with Gasteiger partial charge in [0.1, 0.15) is 6.04 Å². The van der Waals surface area contributed by atoms with Crippen LogP contribution in [0.1, 0.15) is 36.7 Å². The highest BCUT2D eigenvalue weighted by Crippen LogP contribution is 2.09. The fraction of sp³-hybridized carbons (Fsp3) is 0.529. The fourth-order valence-electron chi connectivity index (χ4n) is 2.05. The molecule has 4 N–H and O–H groups in total. The molecule has 0 aromatic heterocycles. The lowest BCUT2D eigenvalue weighted by molar-refractivity contribution is -0.124. The van der Waals surface area contributed by atoms with Crippen LogP contribution in [0.2, 0.25) is 0 Å². The van der Waals surface area contributed by atoms with Crippen molar-refractivity contribution in [2.45, 2.75) is 33.7 Å². The van der Waals surface area contributed by atoms with Crippen molar-refractivity contribution < 1.29 is 9.59 Å². The number of nitrogens with two attached hydrogens (primary N) is 1. The standard InChI is InChI=1S/C17H27N3O2/c1-11(2)15(17(22)19-10-12(3)9-18)20-16(21)14-8-6-5-7-13(14)4/h5-8,11-12,15H,9-10,18H2,1-4H3,(H,19,22)(H,20,21). The summed E-state index contributed by atoms with van der Waals surface area (Å²) in [4.78, 5) is 24.7. The van der Waals surface area contributed by atoms with E-state index in [1.165, 1.54) is 0 Å². The molecule has 0 aliphatic carbocycles. The first-order valence-electron chi connectivity index (χ1n) is 7.71. The topological polar surface area (TPSA) is 84.2 Å². The summed E-state index contributed by atoms with van der Waals surface area (Å²) in [5.74, 6) is -0.180. The molecule has 0 bridgehead atoms. The van der Waals surface area contributed by atoms with Crippen LogP contribution in [0.15, 0.2) is 24.3 Å². The molecule has 122 valence electrons. The summed E-state index contributed by atoms with van der Waals surface area (Å²) < 4.78 is 0. The summed E-state index contributed by atoms with van der Waals surface area (Å²) in [6.07, 6.45) is 0. The summed E-state index contributed by atoms with van der Waals surface area (Å²) >= 11 is 0. The zero-order chi connectivity index (χ0) is 16.7. The van der Waals surface area contributed by atoms with E-state index in [1.807, 2.05) is 45.9 Å². The lowest BCUT2D eigenvalue weighted by Crippen LogP contribution is -2.50. The summed E-state index contributed by atoms with van der Waals surface area (Å²) in [6.45, 7) is 8.70. The van der Waals surface area contributed by atoms with Crippen LogP contribution in [-0.2, 0) is 4.79 Å². The van der Waals surface area contributed by atoms with Gasteiger partial charge in [-0.2, -0.15) is 0 Å². The van der Waals surface area contributed by atoms with Crippen LogP contribution in [0.25, 0.3) is 0 Å². The summed E-state index contributed by atoms with van der Waals surface area (Å²) in [5.41, 5.74) is 7.03. The van der Waals surface area contributed by atoms with Crippen LogP contribution < -0.4 is 16.4 Å². The molecule has 1 aromatic carbocycles. The van der Waals surface area contributed by atoms with E-state index in [0.29, 0.717) is 18.7 Å². The molecule has 22 heavy (non-hydrogen) atoms. The largest absolute Gasteiger partial charge is 0.354 e. The molecule has 5 nitrogen and oxygen atoms in total. The fourth-order valence-corrected chi connectivity index (χ4v) is 2.05.